The fraction of sp³-hybridized carbons (Fsp3) is 0.188. The van der Waals surface area contributed by atoms with Crippen molar-refractivity contribution in [1.82, 2.24) is 5.32 Å². The van der Waals surface area contributed by atoms with Gasteiger partial charge in [-0.2, -0.15) is 0 Å². The number of sulfonamides is 1. The number of hydrogen-bond donors (Lipinski definition) is 2. The molecule has 0 heterocycles. The molecule has 128 valence electrons. The number of carbonyl (C=O) groups is 1. The molecule has 0 aliphatic heterocycles. The Hall–Kier alpha value is -1.96. The molecule has 0 saturated heterocycles. The minimum absolute atomic E-state index is 0.0112. The third-order valence-corrected chi connectivity index (χ3v) is 4.77. The highest BCUT2D eigenvalue weighted by atomic mass is 35.5. The SMILES string of the molecule is C[C@H](NC(=O)Cc1c(F)cccc1Cl)c1ccc(S(N)(=O)=O)cc1. The van der Waals surface area contributed by atoms with Crippen molar-refractivity contribution < 1.29 is 17.6 Å². The highest BCUT2D eigenvalue weighted by Gasteiger charge is 2.15. The molecular weight excluding hydrogens is 355 g/mol. The molecule has 1 atom stereocenters. The van der Waals surface area contributed by atoms with Gasteiger partial charge in [-0.1, -0.05) is 29.8 Å². The Balaban J connectivity index is 2.06. The first-order valence-electron chi connectivity index (χ1n) is 7.03. The van der Waals surface area contributed by atoms with Gasteiger partial charge in [-0.15, -0.1) is 0 Å². The molecule has 2 rings (SSSR count). The molecule has 0 saturated carbocycles. The number of nitrogens with one attached hydrogen (secondary N) is 1. The molecular formula is C16H16ClFN2O3S. The van der Waals surface area contributed by atoms with E-state index in [2.05, 4.69) is 5.32 Å². The van der Waals surface area contributed by atoms with Crippen LogP contribution in [0.15, 0.2) is 47.4 Å². The van der Waals surface area contributed by atoms with Gasteiger partial charge >= 0.3 is 0 Å². The van der Waals surface area contributed by atoms with E-state index in [1.807, 2.05) is 0 Å². The maximum atomic E-state index is 13.7. The van der Waals surface area contributed by atoms with Crippen molar-refractivity contribution in [2.45, 2.75) is 24.3 Å². The van der Waals surface area contributed by atoms with Gasteiger partial charge in [-0.25, -0.2) is 17.9 Å². The molecule has 0 aliphatic carbocycles. The zero-order valence-corrected chi connectivity index (χ0v) is 14.4. The lowest BCUT2D eigenvalue weighted by Crippen LogP contribution is -2.28. The maximum Gasteiger partial charge on any atom is 0.238 e. The second-order valence-electron chi connectivity index (χ2n) is 5.28. The van der Waals surface area contributed by atoms with Gasteiger partial charge in [0.15, 0.2) is 0 Å². The normalized spacial score (nSPS) is 12.7. The van der Waals surface area contributed by atoms with Gasteiger partial charge in [-0.3, -0.25) is 4.79 Å². The molecule has 0 spiro atoms. The molecule has 0 aliphatic rings. The Kier molecular flexibility index (Phi) is 5.58. The number of halogens is 2. The largest absolute Gasteiger partial charge is 0.349 e. The van der Waals surface area contributed by atoms with Gasteiger partial charge in [-0.05, 0) is 36.8 Å². The molecule has 0 aromatic heterocycles. The average Bonchev–Trinajstić information content (AvgIpc) is 2.50. The van der Waals surface area contributed by atoms with Crippen LogP contribution in [0, 0.1) is 5.82 Å². The minimum atomic E-state index is -3.76. The van der Waals surface area contributed by atoms with E-state index in [1.54, 1.807) is 19.1 Å². The second-order valence-corrected chi connectivity index (χ2v) is 7.25. The summed E-state index contributed by atoms with van der Waals surface area (Å²) in [5.41, 5.74) is 0.823. The third-order valence-electron chi connectivity index (χ3n) is 3.49. The molecule has 2 aromatic rings. The molecule has 24 heavy (non-hydrogen) atoms. The summed E-state index contributed by atoms with van der Waals surface area (Å²) in [7, 11) is -3.76. The first kappa shape index (κ1) is 18.4. The molecule has 0 bridgehead atoms. The molecule has 0 fully saturated rings. The molecule has 3 N–H and O–H groups in total. The summed E-state index contributed by atoms with van der Waals surface area (Å²) < 4.78 is 36.1. The highest BCUT2D eigenvalue weighted by molar-refractivity contribution is 7.89. The lowest BCUT2D eigenvalue weighted by molar-refractivity contribution is -0.121. The van der Waals surface area contributed by atoms with Crippen LogP contribution < -0.4 is 10.5 Å². The zero-order valence-electron chi connectivity index (χ0n) is 12.8. The van der Waals surface area contributed by atoms with Crippen LogP contribution in [0.1, 0.15) is 24.1 Å². The number of primary sulfonamides is 1. The quantitative estimate of drug-likeness (QED) is 0.847. The van der Waals surface area contributed by atoms with Gasteiger partial charge in [0.2, 0.25) is 15.9 Å². The van der Waals surface area contributed by atoms with Crippen molar-refractivity contribution in [2.75, 3.05) is 0 Å². The topological polar surface area (TPSA) is 89.3 Å². The molecule has 5 nitrogen and oxygen atoms in total. The zero-order chi connectivity index (χ0) is 17.9. The van der Waals surface area contributed by atoms with Crippen LogP contribution in [0.4, 0.5) is 4.39 Å². The van der Waals surface area contributed by atoms with E-state index < -0.39 is 27.8 Å². The van der Waals surface area contributed by atoms with Crippen LogP contribution in [0.5, 0.6) is 0 Å². The molecule has 1 amide bonds. The Labute approximate surface area is 144 Å². The van der Waals surface area contributed by atoms with Gasteiger partial charge < -0.3 is 5.32 Å². The lowest BCUT2D eigenvalue weighted by atomic mass is 10.1. The minimum Gasteiger partial charge on any atom is -0.349 e. The summed E-state index contributed by atoms with van der Waals surface area (Å²) in [4.78, 5) is 12.1. The summed E-state index contributed by atoms with van der Waals surface area (Å²) >= 11 is 5.90. The van der Waals surface area contributed by atoms with Crippen molar-refractivity contribution in [2.24, 2.45) is 5.14 Å². The third kappa shape index (κ3) is 4.53. The number of carbonyl (C=O) groups excluding carboxylic acids is 1. The monoisotopic (exact) mass is 370 g/mol. The summed E-state index contributed by atoms with van der Waals surface area (Å²) in [6.07, 6.45) is -0.189. The summed E-state index contributed by atoms with van der Waals surface area (Å²) in [5, 5.41) is 7.93. The van der Waals surface area contributed by atoms with Crippen molar-refractivity contribution in [3.05, 3.63) is 64.4 Å². The lowest BCUT2D eigenvalue weighted by Gasteiger charge is -2.15. The van der Waals surface area contributed by atoms with E-state index in [0.29, 0.717) is 5.56 Å². The van der Waals surface area contributed by atoms with Gasteiger partial charge in [0.25, 0.3) is 0 Å². The number of hydrogen-bond acceptors (Lipinski definition) is 3. The van der Waals surface area contributed by atoms with E-state index in [4.69, 9.17) is 16.7 Å². The van der Waals surface area contributed by atoms with Crippen LogP contribution in [-0.4, -0.2) is 14.3 Å². The number of rotatable bonds is 5. The average molecular weight is 371 g/mol. The van der Waals surface area contributed by atoms with E-state index in [0.717, 1.165) is 0 Å². The standard InChI is InChI=1S/C16H16ClFN2O3S/c1-10(11-5-7-12(8-6-11)24(19,22)23)20-16(21)9-13-14(17)3-2-4-15(13)18/h2-8,10H,9H2,1H3,(H,20,21)(H2,19,22,23)/t10-/m0/s1. The van der Waals surface area contributed by atoms with Crippen LogP contribution in [0.2, 0.25) is 5.02 Å². The number of benzene rings is 2. The van der Waals surface area contributed by atoms with E-state index >= 15 is 0 Å². The predicted molar refractivity (Wildman–Crippen MR) is 89.5 cm³/mol. The smallest absolute Gasteiger partial charge is 0.238 e. The highest BCUT2D eigenvalue weighted by Crippen LogP contribution is 2.20. The molecule has 0 unspecified atom stereocenters. The van der Waals surface area contributed by atoms with Crippen LogP contribution >= 0.6 is 11.6 Å². The summed E-state index contributed by atoms with van der Waals surface area (Å²) in [6.45, 7) is 1.73. The van der Waals surface area contributed by atoms with E-state index in [1.165, 1.54) is 30.3 Å². The van der Waals surface area contributed by atoms with Crippen LogP contribution in [0.25, 0.3) is 0 Å². The summed E-state index contributed by atoms with van der Waals surface area (Å²) in [5.74, 6) is -0.937. The fourth-order valence-corrected chi connectivity index (χ4v) is 2.93. The van der Waals surface area contributed by atoms with Crippen molar-refractivity contribution in [3.8, 4) is 0 Å². The predicted octanol–water partition coefficient (Wildman–Crippen LogP) is 2.55. The van der Waals surface area contributed by atoms with E-state index in [-0.39, 0.29) is 21.9 Å². The first-order chi connectivity index (χ1) is 11.2. The fourth-order valence-electron chi connectivity index (χ4n) is 2.18. The van der Waals surface area contributed by atoms with Gasteiger partial charge in [0.1, 0.15) is 5.82 Å². The van der Waals surface area contributed by atoms with Crippen molar-refractivity contribution in [3.63, 3.8) is 0 Å². The Bertz CT molecular complexity index is 834. The Morgan fingerprint density at radius 1 is 1.25 bits per heavy atom. The second kappa shape index (κ2) is 7.29. The van der Waals surface area contributed by atoms with Gasteiger partial charge in [0, 0.05) is 10.6 Å². The van der Waals surface area contributed by atoms with Crippen LogP contribution in [-0.2, 0) is 21.2 Å². The summed E-state index contributed by atoms with van der Waals surface area (Å²) in [6, 6.07) is 9.67. The van der Waals surface area contributed by atoms with Crippen molar-refractivity contribution in [1.29, 1.82) is 0 Å². The van der Waals surface area contributed by atoms with Gasteiger partial charge in [0.05, 0.1) is 17.4 Å². The molecule has 2 aromatic carbocycles. The molecule has 8 heteroatoms. The van der Waals surface area contributed by atoms with Crippen LogP contribution in [0.3, 0.4) is 0 Å². The molecule has 0 radical (unpaired) electrons. The van der Waals surface area contributed by atoms with E-state index in [9.17, 15) is 17.6 Å². The number of amides is 1. The van der Waals surface area contributed by atoms with Crippen molar-refractivity contribution >= 4 is 27.5 Å². The number of nitrogens with two attached hydrogens (primary N) is 1. The maximum absolute atomic E-state index is 13.7. The first-order valence-corrected chi connectivity index (χ1v) is 8.96. The Morgan fingerprint density at radius 2 is 1.88 bits per heavy atom. The Morgan fingerprint density at radius 3 is 2.42 bits per heavy atom.